The molecule has 3 N–H and O–H groups in total. The van der Waals surface area contributed by atoms with Crippen LogP contribution in [0, 0.1) is 0 Å². The van der Waals surface area contributed by atoms with Gasteiger partial charge in [-0.2, -0.15) is 0 Å². The van der Waals surface area contributed by atoms with Crippen molar-refractivity contribution in [2.24, 2.45) is 0 Å². The van der Waals surface area contributed by atoms with Crippen molar-refractivity contribution in [1.82, 2.24) is 5.32 Å². The van der Waals surface area contributed by atoms with Crippen molar-refractivity contribution in [2.75, 3.05) is 6.61 Å². The lowest BCUT2D eigenvalue weighted by Crippen LogP contribution is -2.46. The van der Waals surface area contributed by atoms with Gasteiger partial charge in [-0.15, -0.1) is 0 Å². The number of carbonyl (C=O) groups is 2. The molecule has 0 aromatic rings. The molecule has 6 heteroatoms. The lowest BCUT2D eigenvalue weighted by Gasteiger charge is -2.23. The summed E-state index contributed by atoms with van der Waals surface area (Å²) in [6, 6.07) is -0.751. The molecule has 61 heavy (non-hydrogen) atoms. The second-order valence-electron chi connectivity index (χ2n) is 16.5. The molecule has 0 saturated carbocycles. The van der Waals surface area contributed by atoms with Crippen LogP contribution in [0.1, 0.15) is 213 Å². The Morgan fingerprint density at radius 1 is 0.508 bits per heavy atom. The molecular formula is C55H93NO5. The van der Waals surface area contributed by atoms with E-state index in [-0.39, 0.29) is 24.9 Å². The van der Waals surface area contributed by atoms with E-state index in [1.54, 1.807) is 6.08 Å². The highest BCUT2D eigenvalue weighted by atomic mass is 16.5. The van der Waals surface area contributed by atoms with Gasteiger partial charge in [0.15, 0.2) is 0 Å². The largest absolute Gasteiger partial charge is 0.458 e. The van der Waals surface area contributed by atoms with E-state index in [1.165, 1.54) is 70.6 Å². The van der Waals surface area contributed by atoms with Crippen LogP contribution in [0.15, 0.2) is 97.2 Å². The smallest absolute Gasteiger partial charge is 0.306 e. The van der Waals surface area contributed by atoms with E-state index >= 15 is 0 Å². The van der Waals surface area contributed by atoms with Gasteiger partial charge in [0, 0.05) is 6.42 Å². The fraction of sp³-hybridized carbons (Fsp3) is 0.673. The molecule has 0 aliphatic heterocycles. The van der Waals surface area contributed by atoms with Gasteiger partial charge in [-0.1, -0.05) is 215 Å². The molecule has 0 aromatic carbocycles. The molecule has 3 atom stereocenters. The summed E-state index contributed by atoms with van der Waals surface area (Å²) in [5.74, 6) is -0.662. The zero-order valence-corrected chi connectivity index (χ0v) is 39.5. The highest BCUT2D eigenvalue weighted by Gasteiger charge is 2.23. The second kappa shape index (κ2) is 47.8. The van der Waals surface area contributed by atoms with Crippen LogP contribution >= 0.6 is 0 Å². The maximum Gasteiger partial charge on any atom is 0.306 e. The SMILES string of the molecule is CC/C=C/C/C=C/C/C=C/C/C=C/C/C=C/C(CC(=O)NC(CO)C(O)CCCCCCCCCCCCCCCC)OC(=O)CCCCCC/C=C/C/C=C/C/C=C/CC. The van der Waals surface area contributed by atoms with E-state index < -0.39 is 18.2 Å². The van der Waals surface area contributed by atoms with Crippen LogP contribution in [0.2, 0.25) is 0 Å². The normalized spacial score (nSPS) is 14.1. The molecular weight excluding hydrogens is 755 g/mol. The number of nitrogens with one attached hydrogen (secondary N) is 1. The fourth-order valence-corrected chi connectivity index (χ4v) is 6.93. The Bertz CT molecular complexity index is 1220. The van der Waals surface area contributed by atoms with E-state index in [4.69, 9.17) is 4.74 Å². The summed E-state index contributed by atoms with van der Waals surface area (Å²) in [6.07, 6.45) is 63.5. The predicted molar refractivity (Wildman–Crippen MR) is 264 cm³/mol. The van der Waals surface area contributed by atoms with E-state index in [1.807, 2.05) is 6.08 Å². The molecule has 0 spiro atoms. The van der Waals surface area contributed by atoms with Crippen LogP contribution < -0.4 is 5.32 Å². The molecule has 1 amide bonds. The number of allylic oxidation sites excluding steroid dienone is 15. The minimum atomic E-state index is -0.828. The summed E-state index contributed by atoms with van der Waals surface area (Å²) >= 11 is 0. The van der Waals surface area contributed by atoms with Crippen molar-refractivity contribution in [3.63, 3.8) is 0 Å². The first-order valence-electron chi connectivity index (χ1n) is 25.0. The number of esters is 1. The molecule has 0 heterocycles. The third-order valence-corrected chi connectivity index (χ3v) is 10.7. The Labute approximate surface area is 376 Å². The zero-order chi connectivity index (χ0) is 44.5. The number of aliphatic hydroxyl groups excluding tert-OH is 2. The quantitative estimate of drug-likeness (QED) is 0.0323. The van der Waals surface area contributed by atoms with E-state index in [0.29, 0.717) is 19.3 Å². The van der Waals surface area contributed by atoms with Gasteiger partial charge in [0.25, 0.3) is 0 Å². The van der Waals surface area contributed by atoms with Crippen molar-refractivity contribution < 1.29 is 24.5 Å². The Balaban J connectivity index is 4.77. The average Bonchev–Trinajstić information content (AvgIpc) is 3.25. The van der Waals surface area contributed by atoms with Gasteiger partial charge in [-0.25, -0.2) is 0 Å². The van der Waals surface area contributed by atoms with E-state index in [9.17, 15) is 19.8 Å². The summed E-state index contributed by atoms with van der Waals surface area (Å²) in [5, 5.41) is 23.7. The molecule has 0 fully saturated rings. The number of aliphatic hydroxyl groups is 2. The van der Waals surface area contributed by atoms with Gasteiger partial charge in [0.1, 0.15) is 6.10 Å². The van der Waals surface area contributed by atoms with Gasteiger partial charge < -0.3 is 20.3 Å². The summed E-state index contributed by atoms with van der Waals surface area (Å²) in [5.41, 5.74) is 0. The molecule has 0 bridgehead atoms. The summed E-state index contributed by atoms with van der Waals surface area (Å²) in [7, 11) is 0. The van der Waals surface area contributed by atoms with E-state index in [0.717, 1.165) is 96.3 Å². The molecule has 3 unspecified atom stereocenters. The van der Waals surface area contributed by atoms with Crippen LogP contribution in [0.4, 0.5) is 0 Å². The first-order chi connectivity index (χ1) is 30.0. The molecule has 0 saturated heterocycles. The molecule has 348 valence electrons. The van der Waals surface area contributed by atoms with Crippen LogP contribution in [0.25, 0.3) is 0 Å². The lowest BCUT2D eigenvalue weighted by atomic mass is 10.0. The minimum absolute atomic E-state index is 0.0600. The Morgan fingerprint density at radius 2 is 0.918 bits per heavy atom. The molecule has 0 aliphatic carbocycles. The predicted octanol–water partition coefficient (Wildman–Crippen LogP) is 14.9. The number of rotatable bonds is 43. The van der Waals surface area contributed by atoms with Gasteiger partial charge in [-0.3, -0.25) is 9.59 Å². The maximum absolute atomic E-state index is 13.2. The first-order valence-corrected chi connectivity index (χ1v) is 25.0. The van der Waals surface area contributed by atoms with Crippen LogP contribution in [0.5, 0.6) is 0 Å². The first kappa shape index (κ1) is 57.8. The van der Waals surface area contributed by atoms with Crippen molar-refractivity contribution in [1.29, 1.82) is 0 Å². The van der Waals surface area contributed by atoms with Crippen molar-refractivity contribution in [3.05, 3.63) is 97.2 Å². The van der Waals surface area contributed by atoms with Crippen molar-refractivity contribution in [3.8, 4) is 0 Å². The lowest BCUT2D eigenvalue weighted by molar-refractivity contribution is -0.148. The highest BCUT2D eigenvalue weighted by molar-refractivity contribution is 5.78. The standard InChI is InChI=1S/C55H93NO5/c1-4-7-10-13-16-19-22-25-28-31-34-37-40-43-46-51(61-55(60)48-45-42-39-36-33-30-27-24-21-18-15-12-9-6-3)49-54(59)56-52(50-57)53(58)47-44-41-38-35-32-29-26-23-20-17-14-11-8-5-2/h7,9-10,12,16,18-19,21,25,27-28,30,34,37,43,46,51-53,57-58H,4-6,8,11,13-15,17,20,22-24,26,29,31-33,35-36,38-42,44-45,47-50H2,1-3H3,(H,56,59)/b10-7+,12-9+,19-16+,21-18+,28-25+,30-27+,37-34+,46-43+. The monoisotopic (exact) mass is 848 g/mol. The van der Waals surface area contributed by atoms with Crippen LogP contribution in [-0.2, 0) is 14.3 Å². The topological polar surface area (TPSA) is 95.9 Å². The Kier molecular flexibility index (Phi) is 45.3. The third-order valence-electron chi connectivity index (χ3n) is 10.7. The highest BCUT2D eigenvalue weighted by Crippen LogP contribution is 2.15. The average molecular weight is 848 g/mol. The number of amides is 1. The second-order valence-corrected chi connectivity index (χ2v) is 16.5. The zero-order valence-electron chi connectivity index (χ0n) is 39.5. The number of hydrogen-bond donors (Lipinski definition) is 3. The Hall–Kier alpha value is -3.22. The molecule has 6 nitrogen and oxygen atoms in total. The van der Waals surface area contributed by atoms with Crippen LogP contribution in [-0.4, -0.2) is 46.9 Å². The molecule has 0 aliphatic rings. The maximum atomic E-state index is 13.2. The van der Waals surface area contributed by atoms with Gasteiger partial charge in [0.05, 0.1) is 25.2 Å². The fourth-order valence-electron chi connectivity index (χ4n) is 6.93. The molecule has 0 rings (SSSR count). The number of carbonyl (C=O) groups excluding carboxylic acids is 2. The molecule has 0 radical (unpaired) electrons. The van der Waals surface area contributed by atoms with Crippen LogP contribution in [0.3, 0.4) is 0 Å². The summed E-state index contributed by atoms with van der Waals surface area (Å²) < 4.78 is 5.80. The third kappa shape index (κ3) is 43.2. The summed E-state index contributed by atoms with van der Waals surface area (Å²) in [4.78, 5) is 26.0. The van der Waals surface area contributed by atoms with Gasteiger partial charge in [0.2, 0.25) is 5.91 Å². The summed E-state index contributed by atoms with van der Waals surface area (Å²) in [6.45, 7) is 6.20. The number of hydrogen-bond acceptors (Lipinski definition) is 5. The minimum Gasteiger partial charge on any atom is -0.458 e. The van der Waals surface area contributed by atoms with Gasteiger partial charge >= 0.3 is 5.97 Å². The number of ether oxygens (including phenoxy) is 1. The Morgan fingerprint density at radius 3 is 1.39 bits per heavy atom. The number of unbranched alkanes of at least 4 members (excludes halogenated alkanes) is 17. The van der Waals surface area contributed by atoms with Crippen molar-refractivity contribution in [2.45, 2.75) is 232 Å². The molecule has 0 aromatic heterocycles. The van der Waals surface area contributed by atoms with Crippen molar-refractivity contribution >= 4 is 11.9 Å². The van der Waals surface area contributed by atoms with Gasteiger partial charge in [-0.05, 0) is 83.1 Å². The van der Waals surface area contributed by atoms with E-state index in [2.05, 4.69) is 111 Å².